The average Bonchev–Trinajstić information content (AvgIpc) is 2.40. The molecule has 0 aliphatic heterocycles. The largest absolute Gasteiger partial charge is 0.731 e. The van der Waals surface area contributed by atoms with Gasteiger partial charge in [0.2, 0.25) is 0 Å². The Hall–Kier alpha value is -2.08. The first-order valence-electron chi connectivity index (χ1n) is 5.00. The fraction of sp³-hybridized carbons (Fsp3) is 0. The molecule has 0 spiro atoms. The highest BCUT2D eigenvalue weighted by Crippen LogP contribution is 2.17. The molecule has 2 aromatic carbocycles. The number of anilines is 2. The minimum atomic E-state index is 0.167. The standard InChI is InChI=1S/C12H10N2O3/c15-13(11-7-3-1-4-8-11)17-14(16)12-9-5-2-6-10-12/h1-10H/q-2. The second kappa shape index (κ2) is 5.31. The lowest BCUT2D eigenvalue weighted by Crippen LogP contribution is -2.27. The molecule has 0 atom stereocenters. The van der Waals surface area contributed by atoms with Crippen LogP contribution in [0.5, 0.6) is 0 Å². The van der Waals surface area contributed by atoms with E-state index >= 15 is 0 Å². The summed E-state index contributed by atoms with van der Waals surface area (Å²) in [5, 5.41) is 23.3. The monoisotopic (exact) mass is 230 g/mol. The van der Waals surface area contributed by atoms with Crippen LogP contribution in [0.1, 0.15) is 0 Å². The lowest BCUT2D eigenvalue weighted by atomic mass is 10.3. The zero-order valence-electron chi connectivity index (χ0n) is 8.89. The number of benzene rings is 2. The van der Waals surface area contributed by atoms with Crippen molar-refractivity contribution in [3.8, 4) is 0 Å². The van der Waals surface area contributed by atoms with Crippen molar-refractivity contribution in [3.05, 3.63) is 71.1 Å². The predicted octanol–water partition coefficient (Wildman–Crippen LogP) is 2.84. The van der Waals surface area contributed by atoms with Crippen LogP contribution in [0.15, 0.2) is 60.7 Å². The second-order valence-electron chi connectivity index (χ2n) is 3.27. The lowest BCUT2D eigenvalue weighted by Gasteiger charge is -2.38. The summed E-state index contributed by atoms with van der Waals surface area (Å²) < 4.78 is 0. The van der Waals surface area contributed by atoms with Gasteiger partial charge in [0, 0.05) is 0 Å². The van der Waals surface area contributed by atoms with Crippen molar-refractivity contribution in [2.45, 2.75) is 0 Å². The molecule has 0 unspecified atom stereocenters. The van der Waals surface area contributed by atoms with Crippen LogP contribution < -0.4 is 10.5 Å². The Labute approximate surface area is 98.5 Å². The highest BCUT2D eigenvalue weighted by Gasteiger charge is 1.98. The van der Waals surface area contributed by atoms with Crippen LogP contribution in [0.25, 0.3) is 0 Å². The number of hydrogen-bond acceptors (Lipinski definition) is 5. The maximum atomic E-state index is 11.5. The molecule has 0 radical (unpaired) electrons. The van der Waals surface area contributed by atoms with Crippen molar-refractivity contribution >= 4 is 11.4 Å². The minimum absolute atomic E-state index is 0.167. The molecule has 0 aliphatic rings. The smallest absolute Gasteiger partial charge is 0.0535 e. The van der Waals surface area contributed by atoms with Gasteiger partial charge in [-0.3, -0.25) is 10.5 Å². The summed E-state index contributed by atoms with van der Waals surface area (Å²) in [5.41, 5.74) is 0.508. The maximum Gasteiger partial charge on any atom is 0.0535 e. The zero-order chi connectivity index (χ0) is 12.1. The Morgan fingerprint density at radius 1 is 0.647 bits per heavy atom. The van der Waals surface area contributed by atoms with Crippen LogP contribution in [-0.2, 0) is 4.94 Å². The van der Waals surface area contributed by atoms with Gasteiger partial charge in [-0.15, -0.1) is 0 Å². The Bertz CT molecular complexity index is 406. The molecule has 0 N–H and O–H groups in total. The van der Waals surface area contributed by atoms with Gasteiger partial charge < -0.3 is 10.4 Å². The van der Waals surface area contributed by atoms with E-state index in [0.29, 0.717) is 0 Å². The average molecular weight is 230 g/mol. The molecule has 0 amide bonds. The van der Waals surface area contributed by atoms with Crippen LogP contribution in [0.4, 0.5) is 11.4 Å². The molecule has 0 bridgehead atoms. The Morgan fingerprint density at radius 3 is 1.35 bits per heavy atom. The van der Waals surface area contributed by atoms with E-state index in [0.717, 1.165) is 0 Å². The van der Waals surface area contributed by atoms with E-state index in [1.807, 2.05) is 0 Å². The number of para-hydroxylation sites is 2. The molecule has 0 aromatic heterocycles. The summed E-state index contributed by atoms with van der Waals surface area (Å²) in [6.45, 7) is 0. The molecule has 0 fully saturated rings. The number of rotatable bonds is 4. The first kappa shape index (κ1) is 11.4. The molecule has 88 valence electrons. The van der Waals surface area contributed by atoms with Crippen molar-refractivity contribution < 1.29 is 4.94 Å². The Balaban J connectivity index is 2.02. The molecule has 5 nitrogen and oxygen atoms in total. The van der Waals surface area contributed by atoms with Crippen molar-refractivity contribution in [1.29, 1.82) is 0 Å². The highest BCUT2D eigenvalue weighted by atomic mass is 17.1. The molecule has 2 aromatic rings. The molecule has 0 aliphatic carbocycles. The normalized spacial score (nSPS) is 10.0. The van der Waals surface area contributed by atoms with Crippen molar-refractivity contribution in [3.63, 3.8) is 0 Å². The van der Waals surface area contributed by atoms with E-state index < -0.39 is 0 Å². The van der Waals surface area contributed by atoms with Gasteiger partial charge in [0.1, 0.15) is 0 Å². The van der Waals surface area contributed by atoms with Crippen molar-refractivity contribution in [2.75, 3.05) is 10.5 Å². The third-order valence-corrected chi connectivity index (χ3v) is 2.08. The molecule has 17 heavy (non-hydrogen) atoms. The molecular formula is C12H10N2O3-2. The molecule has 0 heterocycles. The zero-order valence-corrected chi connectivity index (χ0v) is 8.89. The Kier molecular flexibility index (Phi) is 3.56. The van der Waals surface area contributed by atoms with E-state index in [1.54, 1.807) is 60.7 Å². The maximum absolute atomic E-state index is 11.5. The van der Waals surface area contributed by atoms with Gasteiger partial charge in [0.05, 0.1) is 11.4 Å². The summed E-state index contributed by atoms with van der Waals surface area (Å²) in [6, 6.07) is 16.5. The van der Waals surface area contributed by atoms with Gasteiger partial charge in [0.25, 0.3) is 0 Å². The van der Waals surface area contributed by atoms with Crippen LogP contribution in [0.2, 0.25) is 0 Å². The first-order chi connectivity index (χ1) is 8.27. The van der Waals surface area contributed by atoms with Gasteiger partial charge in [-0.05, 0) is 24.3 Å². The molecule has 2 rings (SSSR count). The van der Waals surface area contributed by atoms with Crippen LogP contribution in [-0.4, -0.2) is 0 Å². The third kappa shape index (κ3) is 2.94. The van der Waals surface area contributed by atoms with Crippen LogP contribution in [0.3, 0.4) is 0 Å². The van der Waals surface area contributed by atoms with Crippen LogP contribution in [0, 0.1) is 10.4 Å². The molecule has 0 saturated heterocycles. The quantitative estimate of drug-likeness (QED) is 0.756. The van der Waals surface area contributed by atoms with E-state index in [-0.39, 0.29) is 21.8 Å². The van der Waals surface area contributed by atoms with Gasteiger partial charge in [0.15, 0.2) is 0 Å². The van der Waals surface area contributed by atoms with E-state index in [4.69, 9.17) is 0 Å². The van der Waals surface area contributed by atoms with Crippen molar-refractivity contribution in [2.24, 2.45) is 0 Å². The fourth-order valence-electron chi connectivity index (χ4n) is 1.26. The van der Waals surface area contributed by atoms with Gasteiger partial charge in [-0.25, -0.2) is 0 Å². The Morgan fingerprint density at radius 2 is 1.00 bits per heavy atom. The number of nitrogens with zero attached hydrogens (tertiary/aromatic N) is 2. The van der Waals surface area contributed by atoms with E-state index in [1.165, 1.54) is 0 Å². The third-order valence-electron chi connectivity index (χ3n) is 2.08. The van der Waals surface area contributed by atoms with Gasteiger partial charge >= 0.3 is 0 Å². The SMILES string of the molecule is [O-]N(ON([O-])c1ccccc1)c1ccccc1. The summed E-state index contributed by atoms with van der Waals surface area (Å²) in [7, 11) is 0. The van der Waals surface area contributed by atoms with E-state index in [9.17, 15) is 10.4 Å². The summed E-state index contributed by atoms with van der Waals surface area (Å²) >= 11 is 0. The van der Waals surface area contributed by atoms with Gasteiger partial charge in [-0.1, -0.05) is 36.4 Å². The topological polar surface area (TPSA) is 61.8 Å². The summed E-state index contributed by atoms with van der Waals surface area (Å²) in [4.78, 5) is 4.58. The van der Waals surface area contributed by atoms with Crippen molar-refractivity contribution in [1.82, 2.24) is 0 Å². The highest BCUT2D eigenvalue weighted by molar-refractivity contribution is 5.47. The predicted molar refractivity (Wildman–Crippen MR) is 65.7 cm³/mol. The second-order valence-corrected chi connectivity index (χ2v) is 3.27. The van der Waals surface area contributed by atoms with Gasteiger partial charge in [-0.2, -0.15) is 4.94 Å². The summed E-state index contributed by atoms with van der Waals surface area (Å²) in [5.74, 6) is 0. The lowest BCUT2D eigenvalue weighted by molar-refractivity contribution is 0.131. The minimum Gasteiger partial charge on any atom is -0.731 e. The molecule has 0 saturated carbocycles. The first-order valence-corrected chi connectivity index (χ1v) is 5.00. The molecular weight excluding hydrogens is 220 g/mol. The van der Waals surface area contributed by atoms with Crippen LogP contribution >= 0.6 is 0 Å². The summed E-state index contributed by atoms with van der Waals surface area (Å²) in [6.07, 6.45) is 0. The fourth-order valence-corrected chi connectivity index (χ4v) is 1.26. The molecule has 5 heteroatoms. The van der Waals surface area contributed by atoms with E-state index in [2.05, 4.69) is 4.94 Å². The number of hydrogen-bond donors (Lipinski definition) is 0.